The van der Waals surface area contributed by atoms with Crippen molar-refractivity contribution in [2.75, 3.05) is 30.4 Å². The molecule has 0 aliphatic carbocycles. The molecule has 0 aromatic heterocycles. The van der Waals surface area contributed by atoms with Crippen LogP contribution in [-0.2, 0) is 0 Å². The molecule has 2 aliphatic heterocycles. The number of ether oxygens (including phenoxy) is 1. The largest absolute Gasteiger partial charge is 0.494 e. The summed E-state index contributed by atoms with van der Waals surface area (Å²) >= 11 is 0. The highest BCUT2D eigenvalue weighted by atomic mass is 19.1. The molecule has 1 N–H and O–H groups in total. The summed E-state index contributed by atoms with van der Waals surface area (Å²) < 4.78 is 18.6. The lowest BCUT2D eigenvalue weighted by molar-refractivity contribution is 0.386. The number of nitrogens with one attached hydrogen (secondary N) is 1. The minimum absolute atomic E-state index is 0.300. The predicted octanol–water partition coefficient (Wildman–Crippen LogP) is 2.23. The van der Waals surface area contributed by atoms with E-state index in [2.05, 4.69) is 10.2 Å². The molecule has 1 atom stereocenters. The molecule has 3 rings (SSSR count). The van der Waals surface area contributed by atoms with E-state index in [-0.39, 0.29) is 5.82 Å². The van der Waals surface area contributed by atoms with E-state index in [1.54, 1.807) is 6.07 Å². The third-order valence-corrected chi connectivity index (χ3v) is 3.48. The van der Waals surface area contributed by atoms with Gasteiger partial charge in [0.15, 0.2) is 11.6 Å². The van der Waals surface area contributed by atoms with Crippen LogP contribution in [0.3, 0.4) is 0 Å². The summed E-state index contributed by atoms with van der Waals surface area (Å²) in [6.07, 6.45) is 2.43. The SMILES string of the molecule is COc1cc2c(cc1F)NCC1CCCN21. The second-order valence-electron chi connectivity index (χ2n) is 4.37. The lowest BCUT2D eigenvalue weighted by Gasteiger charge is -2.34. The fourth-order valence-corrected chi connectivity index (χ4v) is 2.67. The van der Waals surface area contributed by atoms with Gasteiger partial charge >= 0.3 is 0 Å². The zero-order valence-corrected chi connectivity index (χ0v) is 9.29. The molecule has 16 heavy (non-hydrogen) atoms. The summed E-state index contributed by atoms with van der Waals surface area (Å²) in [7, 11) is 1.50. The highest BCUT2D eigenvalue weighted by molar-refractivity contribution is 5.75. The molecule has 2 aliphatic rings. The van der Waals surface area contributed by atoms with Crippen LogP contribution >= 0.6 is 0 Å². The number of hydrogen-bond acceptors (Lipinski definition) is 3. The Morgan fingerprint density at radius 3 is 3.19 bits per heavy atom. The van der Waals surface area contributed by atoms with E-state index in [1.165, 1.54) is 26.0 Å². The molecular formula is C12H15FN2O. The number of hydrogen-bond donors (Lipinski definition) is 1. The van der Waals surface area contributed by atoms with Crippen LogP contribution in [0, 0.1) is 5.82 Å². The van der Waals surface area contributed by atoms with Gasteiger partial charge in [0, 0.05) is 31.3 Å². The maximum Gasteiger partial charge on any atom is 0.167 e. The van der Waals surface area contributed by atoms with Crippen LogP contribution in [0.5, 0.6) is 5.75 Å². The molecule has 0 amide bonds. The molecule has 1 aromatic carbocycles. The van der Waals surface area contributed by atoms with Crippen LogP contribution in [0.15, 0.2) is 12.1 Å². The second-order valence-corrected chi connectivity index (χ2v) is 4.37. The van der Waals surface area contributed by atoms with Gasteiger partial charge in [0.25, 0.3) is 0 Å². The van der Waals surface area contributed by atoms with Crippen LogP contribution in [-0.4, -0.2) is 26.2 Å². The zero-order valence-electron chi connectivity index (χ0n) is 9.29. The molecule has 0 saturated carbocycles. The Bertz CT molecular complexity index is 422. The molecule has 0 spiro atoms. The van der Waals surface area contributed by atoms with E-state index in [0.29, 0.717) is 11.8 Å². The zero-order chi connectivity index (χ0) is 11.1. The van der Waals surface area contributed by atoms with Gasteiger partial charge in [-0.25, -0.2) is 4.39 Å². The van der Waals surface area contributed by atoms with Gasteiger partial charge in [0.2, 0.25) is 0 Å². The fourth-order valence-electron chi connectivity index (χ4n) is 2.67. The van der Waals surface area contributed by atoms with E-state index in [1.807, 2.05) is 0 Å². The van der Waals surface area contributed by atoms with Crippen LogP contribution in [0.4, 0.5) is 15.8 Å². The first-order valence-electron chi connectivity index (χ1n) is 5.67. The van der Waals surface area contributed by atoms with Crippen molar-refractivity contribution in [3.63, 3.8) is 0 Å². The van der Waals surface area contributed by atoms with Crippen molar-refractivity contribution >= 4 is 11.4 Å². The molecule has 1 saturated heterocycles. The Morgan fingerprint density at radius 1 is 1.50 bits per heavy atom. The van der Waals surface area contributed by atoms with Gasteiger partial charge in [0.1, 0.15) is 0 Å². The van der Waals surface area contributed by atoms with Gasteiger partial charge in [-0.2, -0.15) is 0 Å². The first-order valence-corrected chi connectivity index (χ1v) is 5.67. The van der Waals surface area contributed by atoms with Crippen molar-refractivity contribution in [2.45, 2.75) is 18.9 Å². The van der Waals surface area contributed by atoms with Crippen LogP contribution in [0.1, 0.15) is 12.8 Å². The summed E-state index contributed by atoms with van der Waals surface area (Å²) in [5, 5.41) is 3.29. The monoisotopic (exact) mass is 222 g/mol. The summed E-state index contributed by atoms with van der Waals surface area (Å²) in [6, 6.07) is 3.89. The van der Waals surface area contributed by atoms with Gasteiger partial charge < -0.3 is 15.0 Å². The summed E-state index contributed by atoms with van der Waals surface area (Å²) in [5.41, 5.74) is 1.96. The normalized spacial score (nSPS) is 22.4. The predicted molar refractivity (Wildman–Crippen MR) is 61.8 cm³/mol. The maximum absolute atomic E-state index is 13.5. The smallest absolute Gasteiger partial charge is 0.167 e. The molecule has 2 heterocycles. The molecule has 0 radical (unpaired) electrons. The van der Waals surface area contributed by atoms with Crippen LogP contribution in [0.2, 0.25) is 0 Å². The standard InChI is InChI=1S/C12H15FN2O/c1-16-12-6-11-10(5-9(12)13)14-7-8-3-2-4-15(8)11/h5-6,8,14H,2-4,7H2,1H3. The van der Waals surface area contributed by atoms with Gasteiger partial charge in [-0.05, 0) is 12.8 Å². The average Bonchev–Trinajstić information content (AvgIpc) is 2.76. The third kappa shape index (κ3) is 1.32. The maximum atomic E-state index is 13.5. The van der Waals surface area contributed by atoms with Crippen molar-refractivity contribution < 1.29 is 9.13 Å². The Hall–Kier alpha value is -1.45. The number of anilines is 2. The van der Waals surface area contributed by atoms with E-state index >= 15 is 0 Å². The van der Waals surface area contributed by atoms with Crippen molar-refractivity contribution in [1.82, 2.24) is 0 Å². The van der Waals surface area contributed by atoms with E-state index in [4.69, 9.17) is 4.74 Å². The Kier molecular flexibility index (Phi) is 2.16. The Labute approximate surface area is 94.2 Å². The second kappa shape index (κ2) is 3.54. The van der Waals surface area contributed by atoms with E-state index in [0.717, 1.165) is 24.5 Å². The molecule has 1 unspecified atom stereocenters. The van der Waals surface area contributed by atoms with Crippen molar-refractivity contribution in [1.29, 1.82) is 0 Å². The number of rotatable bonds is 1. The lowest BCUT2D eigenvalue weighted by Crippen LogP contribution is -2.39. The first-order chi connectivity index (χ1) is 7.79. The quantitative estimate of drug-likeness (QED) is 0.788. The average molecular weight is 222 g/mol. The topological polar surface area (TPSA) is 24.5 Å². The number of fused-ring (bicyclic) bond motifs is 3. The Balaban J connectivity index is 2.07. The Morgan fingerprint density at radius 2 is 2.38 bits per heavy atom. The molecule has 4 heteroatoms. The van der Waals surface area contributed by atoms with Crippen LogP contribution in [0.25, 0.3) is 0 Å². The fraction of sp³-hybridized carbons (Fsp3) is 0.500. The summed E-state index contributed by atoms with van der Waals surface area (Å²) in [4.78, 5) is 2.35. The summed E-state index contributed by atoms with van der Waals surface area (Å²) in [6.45, 7) is 1.98. The third-order valence-electron chi connectivity index (χ3n) is 3.48. The number of benzene rings is 1. The van der Waals surface area contributed by atoms with Gasteiger partial charge in [-0.1, -0.05) is 0 Å². The van der Waals surface area contributed by atoms with Gasteiger partial charge in [-0.3, -0.25) is 0 Å². The van der Waals surface area contributed by atoms with Crippen LogP contribution < -0.4 is 15.0 Å². The number of halogens is 1. The lowest BCUT2D eigenvalue weighted by atomic mass is 10.1. The van der Waals surface area contributed by atoms with Crippen molar-refractivity contribution in [3.8, 4) is 5.75 Å². The van der Waals surface area contributed by atoms with E-state index < -0.39 is 0 Å². The van der Waals surface area contributed by atoms with Gasteiger partial charge in [0.05, 0.1) is 18.5 Å². The highest BCUT2D eigenvalue weighted by Gasteiger charge is 2.30. The number of nitrogens with zero attached hydrogens (tertiary/aromatic N) is 1. The summed E-state index contributed by atoms with van der Waals surface area (Å²) in [5.74, 6) is 0.0273. The first kappa shape index (κ1) is 9.75. The van der Waals surface area contributed by atoms with Gasteiger partial charge in [-0.15, -0.1) is 0 Å². The molecule has 0 bridgehead atoms. The molecule has 1 fully saturated rings. The minimum Gasteiger partial charge on any atom is -0.494 e. The van der Waals surface area contributed by atoms with Crippen molar-refractivity contribution in [3.05, 3.63) is 17.9 Å². The molecule has 86 valence electrons. The van der Waals surface area contributed by atoms with Crippen molar-refractivity contribution in [2.24, 2.45) is 0 Å². The highest BCUT2D eigenvalue weighted by Crippen LogP contribution is 2.39. The number of methoxy groups -OCH3 is 1. The van der Waals surface area contributed by atoms with E-state index in [9.17, 15) is 4.39 Å². The molecular weight excluding hydrogens is 207 g/mol. The minimum atomic E-state index is -0.300. The molecule has 1 aromatic rings. The molecule has 3 nitrogen and oxygen atoms in total.